The summed E-state index contributed by atoms with van der Waals surface area (Å²) in [5.41, 5.74) is 2.32. The minimum atomic E-state index is -0.353. The smallest absolute Gasteiger partial charge is 0.174 e. The first-order chi connectivity index (χ1) is 10.1. The second-order valence-electron chi connectivity index (χ2n) is 7.25. The molecule has 2 aliphatic heterocycles. The first kappa shape index (κ1) is 12.0. The zero-order valence-corrected chi connectivity index (χ0v) is 12.2. The summed E-state index contributed by atoms with van der Waals surface area (Å²) in [7, 11) is 2.28. The number of nitrogens with one attached hydrogen (secondary N) is 1. The molecule has 1 saturated heterocycles. The molecule has 4 aliphatic rings. The van der Waals surface area contributed by atoms with Gasteiger partial charge < -0.3 is 14.7 Å². The van der Waals surface area contributed by atoms with E-state index in [1.165, 1.54) is 11.1 Å². The molecule has 2 bridgehead atoms. The fourth-order valence-electron chi connectivity index (χ4n) is 5.67. The fraction of sp³-hybridized carbons (Fsp3) is 0.588. The van der Waals surface area contributed by atoms with Crippen molar-refractivity contribution in [2.24, 2.45) is 5.92 Å². The number of rotatable bonds is 0. The van der Waals surface area contributed by atoms with Crippen LogP contribution >= 0.6 is 0 Å². The number of aromatic hydroxyl groups is 1. The Labute approximate surface area is 123 Å². The summed E-state index contributed by atoms with van der Waals surface area (Å²) in [4.78, 5) is 14.1. The molecule has 2 aliphatic carbocycles. The van der Waals surface area contributed by atoms with Gasteiger partial charge in [0.05, 0.1) is 25.0 Å². The average Bonchev–Trinajstić information content (AvgIpc) is 2.83. The average molecular weight is 286 g/mol. The Balaban J connectivity index is 1.83. The third-order valence-corrected chi connectivity index (χ3v) is 6.54. The molecule has 1 saturated carbocycles. The molecule has 5 atom stereocenters. The number of hydrogen-bond donors (Lipinski definition) is 2. The standard InChI is InChI=1S/C17H19NO3/c1-18-7-6-17-10-3-5-13(20)16(17)21-15-12(19)4-2-9(14(15)17)8-11(10)18/h2,4,10-11,16,19H,3,5-8H2,1H3/p+1. The van der Waals surface area contributed by atoms with Crippen molar-refractivity contribution in [2.75, 3.05) is 13.6 Å². The van der Waals surface area contributed by atoms with Gasteiger partial charge in [-0.2, -0.15) is 0 Å². The summed E-state index contributed by atoms with van der Waals surface area (Å²) in [6.45, 7) is 1.09. The lowest BCUT2D eigenvalue weighted by molar-refractivity contribution is -0.919. The number of carbonyl (C=O) groups is 1. The van der Waals surface area contributed by atoms with Crippen LogP contribution in [0.25, 0.3) is 0 Å². The third kappa shape index (κ3) is 1.20. The van der Waals surface area contributed by atoms with E-state index in [9.17, 15) is 9.90 Å². The fourth-order valence-corrected chi connectivity index (χ4v) is 5.67. The Bertz CT molecular complexity index is 670. The van der Waals surface area contributed by atoms with Gasteiger partial charge in [0.15, 0.2) is 23.4 Å². The Morgan fingerprint density at radius 1 is 1.43 bits per heavy atom. The number of Topliss-reactive ketones (excluding diaryl/α,β-unsaturated/α-hetero) is 1. The van der Waals surface area contributed by atoms with Gasteiger partial charge in [-0.05, 0) is 18.1 Å². The Hall–Kier alpha value is -1.55. The Morgan fingerprint density at radius 2 is 2.29 bits per heavy atom. The van der Waals surface area contributed by atoms with E-state index in [0.29, 0.717) is 24.1 Å². The van der Waals surface area contributed by atoms with Gasteiger partial charge >= 0.3 is 0 Å². The zero-order valence-electron chi connectivity index (χ0n) is 12.2. The van der Waals surface area contributed by atoms with Gasteiger partial charge in [0.25, 0.3) is 0 Å². The van der Waals surface area contributed by atoms with Crippen LogP contribution < -0.4 is 9.64 Å². The number of quaternary nitrogens is 1. The van der Waals surface area contributed by atoms with Gasteiger partial charge in [0, 0.05) is 30.7 Å². The van der Waals surface area contributed by atoms with Crippen LogP contribution in [0.1, 0.15) is 30.4 Å². The first-order valence-electron chi connectivity index (χ1n) is 8.00. The summed E-state index contributed by atoms with van der Waals surface area (Å²) in [5, 5.41) is 10.2. The van der Waals surface area contributed by atoms with Crippen LogP contribution in [0.4, 0.5) is 0 Å². The van der Waals surface area contributed by atoms with Crippen LogP contribution in [-0.4, -0.2) is 36.6 Å². The predicted octanol–water partition coefficient (Wildman–Crippen LogP) is 0.213. The van der Waals surface area contributed by atoms with Crippen LogP contribution in [-0.2, 0) is 16.6 Å². The molecule has 5 unspecified atom stereocenters. The van der Waals surface area contributed by atoms with Crippen molar-refractivity contribution in [1.82, 2.24) is 0 Å². The number of likely N-dealkylation sites (tertiary alicyclic amines) is 1. The molecular formula is C17H20NO3+. The van der Waals surface area contributed by atoms with Gasteiger partial charge in [-0.15, -0.1) is 0 Å². The summed E-state index contributed by atoms with van der Waals surface area (Å²) in [6, 6.07) is 4.36. The first-order valence-corrected chi connectivity index (χ1v) is 8.00. The highest BCUT2D eigenvalue weighted by atomic mass is 16.5. The second kappa shape index (κ2) is 3.61. The van der Waals surface area contributed by atoms with Gasteiger partial charge in [0.2, 0.25) is 0 Å². The third-order valence-electron chi connectivity index (χ3n) is 6.54. The SMILES string of the molecule is C[NH+]1CCC23c4c5ccc(O)c4OC2C(=O)CCC3C1C5. The maximum Gasteiger partial charge on any atom is 0.174 e. The quantitative estimate of drug-likeness (QED) is 0.717. The summed E-state index contributed by atoms with van der Waals surface area (Å²) in [6.07, 6.45) is 3.31. The van der Waals surface area contributed by atoms with Crippen molar-refractivity contribution in [3.8, 4) is 11.5 Å². The van der Waals surface area contributed by atoms with Crippen LogP contribution in [0.3, 0.4) is 0 Å². The van der Waals surface area contributed by atoms with Gasteiger partial charge in [0.1, 0.15) is 0 Å². The van der Waals surface area contributed by atoms with Crippen molar-refractivity contribution in [3.63, 3.8) is 0 Å². The minimum absolute atomic E-state index is 0.152. The van der Waals surface area contributed by atoms with Crippen LogP contribution in [0.15, 0.2) is 12.1 Å². The molecule has 21 heavy (non-hydrogen) atoms. The molecule has 2 N–H and O–H groups in total. The normalized spacial score (nSPS) is 42.4. The molecule has 1 spiro atoms. The number of ketones is 1. The van der Waals surface area contributed by atoms with Crippen LogP contribution in [0.5, 0.6) is 11.5 Å². The summed E-state index contributed by atoms with van der Waals surface area (Å²) in [5.74, 6) is 1.56. The molecule has 0 aromatic heterocycles. The van der Waals surface area contributed by atoms with E-state index < -0.39 is 0 Å². The van der Waals surface area contributed by atoms with Crippen LogP contribution in [0, 0.1) is 5.92 Å². The van der Waals surface area contributed by atoms with Gasteiger partial charge in [-0.1, -0.05) is 6.07 Å². The van der Waals surface area contributed by atoms with Crippen LogP contribution in [0.2, 0.25) is 0 Å². The highest BCUT2D eigenvalue weighted by molar-refractivity contribution is 5.89. The molecule has 4 nitrogen and oxygen atoms in total. The highest BCUT2D eigenvalue weighted by Crippen LogP contribution is 2.61. The van der Waals surface area contributed by atoms with E-state index in [0.717, 1.165) is 25.8 Å². The number of benzene rings is 1. The van der Waals surface area contributed by atoms with Crippen molar-refractivity contribution in [1.29, 1.82) is 0 Å². The maximum absolute atomic E-state index is 12.5. The number of likely N-dealkylation sites (N-methyl/N-ethyl adjacent to an activating group) is 1. The lowest BCUT2D eigenvalue weighted by Gasteiger charge is -2.54. The number of phenolic OH excluding ortho intramolecular Hbond substituents is 1. The van der Waals surface area contributed by atoms with E-state index in [1.807, 2.05) is 6.07 Å². The number of carbonyl (C=O) groups excluding carboxylic acids is 1. The highest BCUT2D eigenvalue weighted by Gasteiger charge is 2.67. The van der Waals surface area contributed by atoms with E-state index in [2.05, 4.69) is 7.05 Å². The number of phenols is 1. The molecule has 0 radical (unpaired) electrons. The number of piperidine rings is 1. The number of ether oxygens (including phenoxy) is 1. The monoisotopic (exact) mass is 286 g/mol. The lowest BCUT2D eigenvalue weighted by Crippen LogP contribution is -3.16. The van der Waals surface area contributed by atoms with Crippen molar-refractivity contribution < 1.29 is 19.5 Å². The molecule has 4 heteroatoms. The maximum atomic E-state index is 12.5. The van der Waals surface area contributed by atoms with Gasteiger partial charge in [-0.25, -0.2) is 0 Å². The van der Waals surface area contributed by atoms with E-state index >= 15 is 0 Å². The minimum Gasteiger partial charge on any atom is -0.504 e. The summed E-state index contributed by atoms with van der Waals surface area (Å²) < 4.78 is 6.05. The van der Waals surface area contributed by atoms with Crippen molar-refractivity contribution in [2.45, 2.75) is 43.2 Å². The molecule has 1 aromatic carbocycles. The molecule has 5 rings (SSSR count). The van der Waals surface area contributed by atoms with E-state index in [1.54, 1.807) is 11.0 Å². The van der Waals surface area contributed by atoms with Crippen molar-refractivity contribution in [3.05, 3.63) is 23.3 Å². The largest absolute Gasteiger partial charge is 0.504 e. The van der Waals surface area contributed by atoms with E-state index in [4.69, 9.17) is 4.74 Å². The summed E-state index contributed by atoms with van der Waals surface area (Å²) >= 11 is 0. The van der Waals surface area contributed by atoms with E-state index in [-0.39, 0.29) is 23.1 Å². The molecule has 0 amide bonds. The van der Waals surface area contributed by atoms with Gasteiger partial charge in [-0.3, -0.25) is 4.79 Å². The molecule has 1 aromatic rings. The lowest BCUT2D eigenvalue weighted by atomic mass is 9.52. The Kier molecular flexibility index (Phi) is 2.07. The van der Waals surface area contributed by atoms with Crippen molar-refractivity contribution >= 4 is 5.78 Å². The molecule has 2 fully saturated rings. The molecular weight excluding hydrogens is 266 g/mol. The molecule has 110 valence electrons. The Morgan fingerprint density at radius 3 is 3.14 bits per heavy atom. The predicted molar refractivity (Wildman–Crippen MR) is 75.8 cm³/mol. The zero-order chi connectivity index (χ0) is 14.4. The second-order valence-corrected chi connectivity index (χ2v) is 7.25. The molecule has 2 heterocycles. The number of hydrogen-bond acceptors (Lipinski definition) is 3. The topological polar surface area (TPSA) is 51.0 Å².